The summed E-state index contributed by atoms with van der Waals surface area (Å²) in [5, 5.41) is 15.4. The first-order valence-electron chi connectivity index (χ1n) is 6.73. The fraction of sp³-hybridized carbons (Fsp3) is 0.400. The molecule has 108 valence electrons. The van der Waals surface area contributed by atoms with Gasteiger partial charge < -0.3 is 5.11 Å². The van der Waals surface area contributed by atoms with Gasteiger partial charge in [-0.3, -0.25) is 4.68 Å². The van der Waals surface area contributed by atoms with Gasteiger partial charge in [0.15, 0.2) is 0 Å². The molecule has 0 aliphatic rings. The Balaban J connectivity index is 2.62. The van der Waals surface area contributed by atoms with Gasteiger partial charge in [0.25, 0.3) is 0 Å². The molecule has 0 aliphatic carbocycles. The predicted molar refractivity (Wildman–Crippen MR) is 79.9 cm³/mol. The van der Waals surface area contributed by atoms with E-state index in [0.29, 0.717) is 23.1 Å². The summed E-state index contributed by atoms with van der Waals surface area (Å²) in [5.74, 6) is -0.409. The minimum atomic E-state index is -1.39. The summed E-state index contributed by atoms with van der Waals surface area (Å²) in [6.45, 7) is 4.55. The van der Waals surface area contributed by atoms with Gasteiger partial charge in [0.05, 0.1) is 16.4 Å². The molecule has 1 aromatic carbocycles. The van der Waals surface area contributed by atoms with Crippen LogP contribution in [0.1, 0.15) is 37.9 Å². The largest absolute Gasteiger partial charge is 0.379 e. The fourth-order valence-electron chi connectivity index (χ4n) is 2.44. The van der Waals surface area contributed by atoms with Gasteiger partial charge in [-0.2, -0.15) is 5.10 Å². The normalized spacial score (nSPS) is 14.2. The van der Waals surface area contributed by atoms with Crippen LogP contribution in [0.15, 0.2) is 34.9 Å². The van der Waals surface area contributed by atoms with Crippen molar-refractivity contribution in [3.63, 3.8) is 0 Å². The smallest absolute Gasteiger partial charge is 0.135 e. The van der Waals surface area contributed by atoms with Crippen LogP contribution in [0.25, 0.3) is 0 Å². The van der Waals surface area contributed by atoms with Gasteiger partial charge in [-0.25, -0.2) is 4.39 Å². The third-order valence-corrected chi connectivity index (χ3v) is 4.03. The molecule has 0 aliphatic heterocycles. The Labute approximate surface area is 126 Å². The first-order chi connectivity index (χ1) is 9.54. The number of rotatable bonds is 5. The number of halogens is 2. The Bertz CT molecular complexity index is 599. The lowest BCUT2D eigenvalue weighted by molar-refractivity contribution is 0.0618. The van der Waals surface area contributed by atoms with Crippen LogP contribution < -0.4 is 0 Å². The summed E-state index contributed by atoms with van der Waals surface area (Å²) in [5.41, 5.74) is -0.511. The lowest BCUT2D eigenvalue weighted by atomic mass is 9.87. The van der Waals surface area contributed by atoms with E-state index in [-0.39, 0.29) is 5.56 Å². The molecule has 0 saturated carbocycles. The van der Waals surface area contributed by atoms with Crippen molar-refractivity contribution >= 4 is 15.9 Å². The van der Waals surface area contributed by atoms with Crippen molar-refractivity contribution in [2.75, 3.05) is 0 Å². The van der Waals surface area contributed by atoms with Gasteiger partial charge in [-0.15, -0.1) is 0 Å². The average molecular weight is 341 g/mol. The molecule has 20 heavy (non-hydrogen) atoms. The number of hydrogen-bond donors (Lipinski definition) is 1. The van der Waals surface area contributed by atoms with E-state index in [1.807, 2.05) is 13.8 Å². The molecule has 2 aromatic rings. The molecule has 5 heteroatoms. The van der Waals surface area contributed by atoms with E-state index in [1.54, 1.807) is 29.1 Å². The second-order valence-electron chi connectivity index (χ2n) is 4.76. The van der Waals surface area contributed by atoms with E-state index >= 15 is 0 Å². The summed E-state index contributed by atoms with van der Waals surface area (Å²) in [4.78, 5) is 0. The molecular weight excluding hydrogens is 323 g/mol. The fourth-order valence-corrected chi connectivity index (χ4v) is 3.06. The van der Waals surface area contributed by atoms with Gasteiger partial charge in [0.1, 0.15) is 11.4 Å². The summed E-state index contributed by atoms with van der Waals surface area (Å²) >= 11 is 3.42. The Morgan fingerprint density at radius 3 is 2.65 bits per heavy atom. The van der Waals surface area contributed by atoms with E-state index in [9.17, 15) is 9.50 Å². The van der Waals surface area contributed by atoms with Gasteiger partial charge in [0.2, 0.25) is 0 Å². The van der Waals surface area contributed by atoms with Gasteiger partial charge in [-0.05, 0) is 34.8 Å². The summed E-state index contributed by atoms with van der Waals surface area (Å²) in [6, 6.07) is 6.33. The zero-order valence-corrected chi connectivity index (χ0v) is 13.2. The third-order valence-electron chi connectivity index (χ3n) is 3.45. The Hall–Kier alpha value is -1.20. The first kappa shape index (κ1) is 15.2. The molecule has 2 rings (SSSR count). The van der Waals surface area contributed by atoms with Crippen LogP contribution in [0.2, 0.25) is 0 Å². The van der Waals surface area contributed by atoms with Crippen LogP contribution in [0.4, 0.5) is 4.39 Å². The maximum absolute atomic E-state index is 14.1. The maximum atomic E-state index is 14.1. The molecule has 0 fully saturated rings. The van der Waals surface area contributed by atoms with Crippen molar-refractivity contribution in [2.45, 2.75) is 38.8 Å². The van der Waals surface area contributed by atoms with E-state index in [4.69, 9.17) is 0 Å². The van der Waals surface area contributed by atoms with E-state index in [0.717, 1.165) is 6.42 Å². The van der Waals surface area contributed by atoms with Gasteiger partial charge in [0, 0.05) is 12.1 Å². The maximum Gasteiger partial charge on any atom is 0.135 e. The van der Waals surface area contributed by atoms with Crippen molar-refractivity contribution in [2.24, 2.45) is 0 Å². The SMILES string of the molecule is CCCn1ncc(Br)c1C(O)(CC)c1ccccc1F. The van der Waals surface area contributed by atoms with Crippen LogP contribution in [0, 0.1) is 5.82 Å². The summed E-state index contributed by atoms with van der Waals surface area (Å²) in [6.07, 6.45) is 2.90. The van der Waals surface area contributed by atoms with Crippen molar-refractivity contribution < 1.29 is 9.50 Å². The number of aliphatic hydroxyl groups is 1. The lowest BCUT2D eigenvalue weighted by Gasteiger charge is -2.29. The molecule has 0 saturated heterocycles. The number of nitrogens with zero attached hydrogens (tertiary/aromatic N) is 2. The standard InChI is InChI=1S/C15H18BrFN2O/c1-3-9-19-14(12(16)10-18-19)15(20,4-2)11-7-5-6-8-13(11)17/h5-8,10,20H,3-4,9H2,1-2H3. The number of hydrogen-bond acceptors (Lipinski definition) is 2. The third kappa shape index (κ3) is 2.52. The highest BCUT2D eigenvalue weighted by molar-refractivity contribution is 9.10. The minimum absolute atomic E-state index is 0.279. The minimum Gasteiger partial charge on any atom is -0.379 e. The highest BCUT2D eigenvalue weighted by Gasteiger charge is 2.37. The summed E-state index contributed by atoms with van der Waals surface area (Å²) < 4.78 is 16.5. The van der Waals surface area contributed by atoms with Crippen molar-refractivity contribution in [3.05, 3.63) is 52.0 Å². The zero-order valence-electron chi connectivity index (χ0n) is 11.6. The van der Waals surface area contributed by atoms with Crippen molar-refractivity contribution in [1.82, 2.24) is 9.78 Å². The van der Waals surface area contributed by atoms with Crippen LogP contribution in [-0.2, 0) is 12.1 Å². The second-order valence-corrected chi connectivity index (χ2v) is 5.61. The van der Waals surface area contributed by atoms with Crippen molar-refractivity contribution in [1.29, 1.82) is 0 Å². The van der Waals surface area contributed by atoms with E-state index in [2.05, 4.69) is 21.0 Å². The number of aromatic nitrogens is 2. The molecule has 1 unspecified atom stereocenters. The zero-order chi connectivity index (χ0) is 14.8. The quantitative estimate of drug-likeness (QED) is 0.897. The highest BCUT2D eigenvalue weighted by Crippen LogP contribution is 2.38. The van der Waals surface area contributed by atoms with Crippen LogP contribution in [0.5, 0.6) is 0 Å². The van der Waals surface area contributed by atoms with Crippen LogP contribution in [-0.4, -0.2) is 14.9 Å². The molecule has 1 aromatic heterocycles. The molecule has 0 radical (unpaired) electrons. The van der Waals surface area contributed by atoms with Gasteiger partial charge in [-0.1, -0.05) is 32.0 Å². The van der Waals surface area contributed by atoms with E-state index < -0.39 is 11.4 Å². The summed E-state index contributed by atoms with van der Waals surface area (Å²) in [7, 11) is 0. The lowest BCUT2D eigenvalue weighted by Crippen LogP contribution is -2.31. The molecule has 0 amide bonds. The van der Waals surface area contributed by atoms with Gasteiger partial charge >= 0.3 is 0 Å². The monoisotopic (exact) mass is 340 g/mol. The first-order valence-corrected chi connectivity index (χ1v) is 7.53. The number of benzene rings is 1. The second kappa shape index (κ2) is 6.06. The van der Waals surface area contributed by atoms with Crippen LogP contribution in [0.3, 0.4) is 0 Å². The Morgan fingerprint density at radius 2 is 2.05 bits per heavy atom. The van der Waals surface area contributed by atoms with E-state index in [1.165, 1.54) is 6.07 Å². The number of aryl methyl sites for hydroxylation is 1. The molecule has 0 bridgehead atoms. The molecule has 1 N–H and O–H groups in total. The molecule has 1 heterocycles. The molecular formula is C15H18BrFN2O. The average Bonchev–Trinajstić information content (AvgIpc) is 2.81. The molecule has 1 atom stereocenters. The molecule has 3 nitrogen and oxygen atoms in total. The topological polar surface area (TPSA) is 38.0 Å². The Morgan fingerprint density at radius 1 is 1.35 bits per heavy atom. The predicted octanol–water partition coefficient (Wildman–Crippen LogP) is 3.84. The highest BCUT2D eigenvalue weighted by atomic mass is 79.9. The Kier molecular flexibility index (Phi) is 4.60. The van der Waals surface area contributed by atoms with Crippen molar-refractivity contribution in [3.8, 4) is 0 Å². The van der Waals surface area contributed by atoms with Crippen LogP contribution >= 0.6 is 15.9 Å². The molecule has 0 spiro atoms.